The first-order valence-electron chi connectivity index (χ1n) is 4.92. The Kier molecular flexibility index (Phi) is 3.19. The van der Waals surface area contributed by atoms with Crippen molar-refractivity contribution in [2.45, 2.75) is 6.92 Å². The van der Waals surface area contributed by atoms with Gasteiger partial charge in [0.05, 0.1) is 17.0 Å². The molecule has 0 unspecified atom stereocenters. The Bertz CT molecular complexity index is 584. The largest absolute Gasteiger partial charge is 0.478 e. The monoisotopic (exact) mass is 292 g/mol. The van der Waals surface area contributed by atoms with E-state index in [1.54, 1.807) is 6.92 Å². The minimum absolute atomic E-state index is 0.172. The summed E-state index contributed by atoms with van der Waals surface area (Å²) in [7, 11) is 0. The molecule has 17 heavy (non-hydrogen) atoms. The first-order valence-corrected chi connectivity index (χ1v) is 5.71. The molecule has 1 N–H and O–H groups in total. The van der Waals surface area contributed by atoms with Crippen LogP contribution in [0, 0.1) is 6.92 Å². The van der Waals surface area contributed by atoms with Crippen LogP contribution in [0.2, 0.25) is 0 Å². The Balaban J connectivity index is 2.58. The molecule has 1 aromatic heterocycles. The van der Waals surface area contributed by atoms with Gasteiger partial charge in [0, 0.05) is 10.0 Å². The van der Waals surface area contributed by atoms with Gasteiger partial charge in [-0.25, -0.2) is 4.79 Å². The van der Waals surface area contributed by atoms with E-state index in [-0.39, 0.29) is 5.56 Å². The minimum Gasteiger partial charge on any atom is -0.478 e. The molecule has 0 saturated heterocycles. The second kappa shape index (κ2) is 4.63. The quantitative estimate of drug-likeness (QED) is 0.924. The lowest BCUT2D eigenvalue weighted by molar-refractivity contribution is 0.0695. The Morgan fingerprint density at radius 3 is 2.65 bits per heavy atom. The number of rotatable bonds is 2. The van der Waals surface area contributed by atoms with Gasteiger partial charge in [-0.1, -0.05) is 34.1 Å². The second-order valence-corrected chi connectivity index (χ2v) is 4.37. The maximum absolute atomic E-state index is 11.0. The van der Waals surface area contributed by atoms with Crippen LogP contribution in [-0.2, 0) is 0 Å². The minimum atomic E-state index is -0.995. The zero-order valence-electron chi connectivity index (χ0n) is 9.01. The number of benzene rings is 1. The van der Waals surface area contributed by atoms with Crippen molar-refractivity contribution in [3.05, 3.63) is 46.1 Å². The van der Waals surface area contributed by atoms with Crippen molar-refractivity contribution in [2.24, 2.45) is 0 Å². The number of nitrogens with zero attached hydrogens (tertiary/aromatic N) is 2. The summed E-state index contributed by atoms with van der Waals surface area (Å²) in [5, 5.41) is 16.9. The van der Waals surface area contributed by atoms with Gasteiger partial charge in [-0.2, -0.15) is 10.2 Å². The lowest BCUT2D eigenvalue weighted by atomic mass is 10.1. The van der Waals surface area contributed by atoms with E-state index < -0.39 is 5.97 Å². The molecule has 0 bridgehead atoms. The average Bonchev–Trinajstić information content (AvgIpc) is 2.30. The van der Waals surface area contributed by atoms with Crippen LogP contribution in [0.1, 0.15) is 16.1 Å². The van der Waals surface area contributed by atoms with Gasteiger partial charge in [0.15, 0.2) is 0 Å². The highest BCUT2D eigenvalue weighted by Gasteiger charge is 2.12. The van der Waals surface area contributed by atoms with Crippen LogP contribution in [0.3, 0.4) is 0 Å². The van der Waals surface area contributed by atoms with E-state index in [9.17, 15) is 4.79 Å². The normalized spacial score (nSPS) is 10.2. The number of hydrogen-bond donors (Lipinski definition) is 1. The summed E-state index contributed by atoms with van der Waals surface area (Å²) in [5.74, 6) is -0.995. The average molecular weight is 293 g/mol. The van der Waals surface area contributed by atoms with Gasteiger partial charge in [-0.15, -0.1) is 0 Å². The van der Waals surface area contributed by atoms with E-state index in [0.29, 0.717) is 11.4 Å². The fourth-order valence-electron chi connectivity index (χ4n) is 1.47. The first kappa shape index (κ1) is 11.7. The second-order valence-electron chi connectivity index (χ2n) is 3.51. The van der Waals surface area contributed by atoms with Crippen molar-refractivity contribution >= 4 is 21.9 Å². The predicted octanol–water partition coefficient (Wildman–Crippen LogP) is 2.91. The first-order chi connectivity index (χ1) is 8.09. The highest BCUT2D eigenvalue weighted by Crippen LogP contribution is 2.26. The van der Waals surface area contributed by atoms with Crippen LogP contribution in [0.5, 0.6) is 0 Å². The van der Waals surface area contributed by atoms with E-state index in [1.807, 2.05) is 24.3 Å². The molecule has 2 rings (SSSR count). The van der Waals surface area contributed by atoms with Crippen molar-refractivity contribution in [3.8, 4) is 11.3 Å². The molecule has 0 aliphatic carbocycles. The molecule has 0 aliphatic rings. The number of aromatic carboxylic acids is 1. The van der Waals surface area contributed by atoms with Crippen LogP contribution in [0.4, 0.5) is 0 Å². The van der Waals surface area contributed by atoms with E-state index in [0.717, 1.165) is 10.0 Å². The molecular weight excluding hydrogens is 284 g/mol. The molecule has 4 nitrogen and oxygen atoms in total. The summed E-state index contributed by atoms with van der Waals surface area (Å²) in [4.78, 5) is 11.0. The highest BCUT2D eigenvalue weighted by atomic mass is 79.9. The van der Waals surface area contributed by atoms with Crippen LogP contribution in [0.15, 0.2) is 34.8 Å². The van der Waals surface area contributed by atoms with Gasteiger partial charge < -0.3 is 5.11 Å². The van der Waals surface area contributed by atoms with Gasteiger partial charge in [-0.05, 0) is 19.1 Å². The number of hydrogen-bond acceptors (Lipinski definition) is 3. The number of aromatic nitrogens is 2. The fourth-order valence-corrected chi connectivity index (χ4v) is 1.96. The number of carboxylic acid groups (broad SMARTS) is 1. The number of carboxylic acids is 1. The van der Waals surface area contributed by atoms with Gasteiger partial charge in [0.1, 0.15) is 0 Å². The topological polar surface area (TPSA) is 63.1 Å². The molecule has 0 saturated carbocycles. The van der Waals surface area contributed by atoms with Gasteiger partial charge >= 0.3 is 5.97 Å². The number of halogens is 1. The maximum atomic E-state index is 11.0. The Labute approximate surface area is 106 Å². The zero-order chi connectivity index (χ0) is 12.4. The Hall–Kier alpha value is -1.75. The van der Waals surface area contributed by atoms with Crippen LogP contribution in [-0.4, -0.2) is 21.3 Å². The smallest absolute Gasteiger partial charge is 0.337 e. The van der Waals surface area contributed by atoms with Crippen molar-refractivity contribution in [1.82, 2.24) is 10.2 Å². The molecule has 86 valence electrons. The van der Waals surface area contributed by atoms with Crippen molar-refractivity contribution in [2.75, 3.05) is 0 Å². The van der Waals surface area contributed by atoms with Gasteiger partial charge in [0.25, 0.3) is 0 Å². The van der Waals surface area contributed by atoms with E-state index in [2.05, 4.69) is 26.1 Å². The lowest BCUT2D eigenvalue weighted by Crippen LogP contribution is -2.04. The zero-order valence-corrected chi connectivity index (χ0v) is 10.6. The van der Waals surface area contributed by atoms with Crippen LogP contribution >= 0.6 is 15.9 Å². The molecular formula is C12H9BrN2O2. The van der Waals surface area contributed by atoms with E-state index >= 15 is 0 Å². The summed E-state index contributed by atoms with van der Waals surface area (Å²) in [6.45, 7) is 1.63. The van der Waals surface area contributed by atoms with E-state index in [4.69, 9.17) is 5.11 Å². The highest BCUT2D eigenvalue weighted by molar-refractivity contribution is 9.10. The molecule has 0 amide bonds. The van der Waals surface area contributed by atoms with Gasteiger partial charge in [-0.3, -0.25) is 0 Å². The molecule has 0 atom stereocenters. The third-order valence-corrected chi connectivity index (χ3v) is 3.05. The molecule has 1 aromatic carbocycles. The van der Waals surface area contributed by atoms with Crippen LogP contribution in [0.25, 0.3) is 11.3 Å². The van der Waals surface area contributed by atoms with Gasteiger partial charge in [0.2, 0.25) is 0 Å². The summed E-state index contributed by atoms with van der Waals surface area (Å²) in [6.07, 6.45) is 0. The van der Waals surface area contributed by atoms with E-state index in [1.165, 1.54) is 6.07 Å². The standard InChI is InChI=1S/C12H9BrN2O2/c1-7-9(12(16)17)6-11(15-14-7)8-4-2-3-5-10(8)13/h2-6H,1H3,(H,16,17). The number of carbonyl (C=O) groups is 1. The summed E-state index contributed by atoms with van der Waals surface area (Å²) < 4.78 is 0.856. The molecule has 5 heteroatoms. The molecule has 0 fully saturated rings. The third-order valence-electron chi connectivity index (χ3n) is 2.36. The Morgan fingerprint density at radius 2 is 2.00 bits per heavy atom. The van der Waals surface area contributed by atoms with Crippen LogP contribution < -0.4 is 0 Å². The third kappa shape index (κ3) is 2.34. The van der Waals surface area contributed by atoms with Crippen molar-refractivity contribution < 1.29 is 9.90 Å². The maximum Gasteiger partial charge on any atom is 0.337 e. The predicted molar refractivity (Wildman–Crippen MR) is 66.9 cm³/mol. The molecule has 0 spiro atoms. The molecule has 2 aromatic rings. The lowest BCUT2D eigenvalue weighted by Gasteiger charge is -2.05. The fraction of sp³-hybridized carbons (Fsp3) is 0.0833. The number of aryl methyl sites for hydroxylation is 1. The van der Waals surface area contributed by atoms with Crippen molar-refractivity contribution in [1.29, 1.82) is 0 Å². The summed E-state index contributed by atoms with van der Waals surface area (Å²) in [6, 6.07) is 9.01. The summed E-state index contributed by atoms with van der Waals surface area (Å²) >= 11 is 3.40. The molecule has 0 aliphatic heterocycles. The Morgan fingerprint density at radius 1 is 1.29 bits per heavy atom. The molecule has 0 radical (unpaired) electrons. The summed E-state index contributed by atoms with van der Waals surface area (Å²) in [5.41, 5.74) is 1.95. The SMILES string of the molecule is Cc1nnc(-c2ccccc2Br)cc1C(=O)O. The van der Waals surface area contributed by atoms with Crippen molar-refractivity contribution in [3.63, 3.8) is 0 Å². The molecule has 1 heterocycles.